The summed E-state index contributed by atoms with van der Waals surface area (Å²) < 4.78 is 0. The highest BCUT2D eigenvalue weighted by atomic mass is 16.4. The molecule has 4 heteroatoms. The molecule has 1 heterocycles. The SMILES string of the molecule is CC1CCN(CCCO)C1C(=O)O. The van der Waals surface area contributed by atoms with E-state index in [1.165, 1.54) is 0 Å². The van der Waals surface area contributed by atoms with Crippen LogP contribution in [0.25, 0.3) is 0 Å². The molecule has 76 valence electrons. The first-order chi connectivity index (χ1) is 6.16. The number of carboxylic acids is 1. The molecule has 1 fully saturated rings. The van der Waals surface area contributed by atoms with E-state index in [0.717, 1.165) is 13.0 Å². The number of hydrogen-bond donors (Lipinski definition) is 2. The minimum atomic E-state index is -0.733. The number of rotatable bonds is 4. The maximum atomic E-state index is 10.9. The number of likely N-dealkylation sites (tertiary alicyclic amines) is 1. The number of aliphatic carboxylic acids is 1. The Bertz CT molecular complexity index is 184. The van der Waals surface area contributed by atoms with Gasteiger partial charge in [0.25, 0.3) is 0 Å². The Kier molecular flexibility index (Phi) is 3.69. The Labute approximate surface area is 78.2 Å². The number of aliphatic hydroxyl groups excluding tert-OH is 1. The van der Waals surface area contributed by atoms with Crippen LogP contribution in [0.4, 0.5) is 0 Å². The van der Waals surface area contributed by atoms with Gasteiger partial charge < -0.3 is 10.2 Å². The van der Waals surface area contributed by atoms with E-state index in [0.29, 0.717) is 13.0 Å². The summed E-state index contributed by atoms with van der Waals surface area (Å²) >= 11 is 0. The van der Waals surface area contributed by atoms with E-state index >= 15 is 0 Å². The van der Waals surface area contributed by atoms with Crippen molar-refractivity contribution in [1.29, 1.82) is 0 Å². The first-order valence-corrected chi connectivity index (χ1v) is 4.74. The van der Waals surface area contributed by atoms with Gasteiger partial charge in [0.05, 0.1) is 0 Å². The van der Waals surface area contributed by atoms with E-state index in [1.54, 1.807) is 0 Å². The lowest BCUT2D eigenvalue weighted by molar-refractivity contribution is -0.143. The zero-order chi connectivity index (χ0) is 9.84. The molecule has 0 radical (unpaired) electrons. The minimum absolute atomic E-state index is 0.136. The van der Waals surface area contributed by atoms with Gasteiger partial charge >= 0.3 is 5.97 Å². The zero-order valence-corrected chi connectivity index (χ0v) is 7.94. The highest BCUT2D eigenvalue weighted by Gasteiger charge is 2.35. The summed E-state index contributed by atoms with van der Waals surface area (Å²) in [6.45, 7) is 3.64. The molecule has 4 nitrogen and oxygen atoms in total. The third-order valence-electron chi connectivity index (χ3n) is 2.66. The van der Waals surface area contributed by atoms with Gasteiger partial charge in [0.15, 0.2) is 0 Å². The maximum absolute atomic E-state index is 10.9. The van der Waals surface area contributed by atoms with Gasteiger partial charge in [0, 0.05) is 13.2 Å². The van der Waals surface area contributed by atoms with Crippen LogP contribution in [0, 0.1) is 5.92 Å². The first kappa shape index (κ1) is 10.5. The molecule has 1 rings (SSSR count). The van der Waals surface area contributed by atoms with E-state index in [-0.39, 0.29) is 18.6 Å². The van der Waals surface area contributed by atoms with Crippen LogP contribution in [0.1, 0.15) is 19.8 Å². The molecule has 2 N–H and O–H groups in total. The molecule has 1 aliphatic rings. The van der Waals surface area contributed by atoms with Crippen molar-refractivity contribution in [3.05, 3.63) is 0 Å². The molecule has 0 aromatic rings. The monoisotopic (exact) mass is 187 g/mol. The maximum Gasteiger partial charge on any atom is 0.321 e. The molecule has 1 saturated heterocycles. The highest BCUT2D eigenvalue weighted by molar-refractivity contribution is 5.74. The number of aliphatic hydroxyl groups is 1. The lowest BCUT2D eigenvalue weighted by atomic mass is 10.0. The number of carboxylic acid groups (broad SMARTS) is 1. The minimum Gasteiger partial charge on any atom is -0.480 e. The molecule has 13 heavy (non-hydrogen) atoms. The highest BCUT2D eigenvalue weighted by Crippen LogP contribution is 2.23. The number of carbonyl (C=O) groups is 1. The molecular weight excluding hydrogens is 170 g/mol. The van der Waals surface area contributed by atoms with Crippen LogP contribution in [0.3, 0.4) is 0 Å². The van der Waals surface area contributed by atoms with E-state index < -0.39 is 5.97 Å². The van der Waals surface area contributed by atoms with E-state index in [1.807, 2.05) is 11.8 Å². The largest absolute Gasteiger partial charge is 0.480 e. The van der Waals surface area contributed by atoms with Gasteiger partial charge in [-0.05, 0) is 25.3 Å². The second-order valence-corrected chi connectivity index (χ2v) is 3.66. The van der Waals surface area contributed by atoms with Crippen molar-refractivity contribution >= 4 is 5.97 Å². The Morgan fingerprint density at radius 3 is 2.85 bits per heavy atom. The summed E-state index contributed by atoms with van der Waals surface area (Å²) in [4.78, 5) is 12.8. The quantitative estimate of drug-likeness (QED) is 0.658. The Balaban J connectivity index is 2.49. The normalized spacial score (nSPS) is 29.4. The van der Waals surface area contributed by atoms with Crippen LogP contribution >= 0.6 is 0 Å². The molecule has 0 spiro atoms. The van der Waals surface area contributed by atoms with Gasteiger partial charge in [0.1, 0.15) is 6.04 Å². The van der Waals surface area contributed by atoms with Crippen molar-refractivity contribution in [3.63, 3.8) is 0 Å². The van der Waals surface area contributed by atoms with Crippen LogP contribution in [0.2, 0.25) is 0 Å². The third kappa shape index (κ3) is 2.42. The molecule has 0 aromatic carbocycles. The zero-order valence-electron chi connectivity index (χ0n) is 7.94. The molecule has 2 atom stereocenters. The second-order valence-electron chi connectivity index (χ2n) is 3.66. The lowest BCUT2D eigenvalue weighted by Gasteiger charge is -2.22. The molecule has 1 aliphatic heterocycles. The van der Waals surface area contributed by atoms with Crippen molar-refractivity contribution in [3.8, 4) is 0 Å². The molecular formula is C9H17NO3. The third-order valence-corrected chi connectivity index (χ3v) is 2.66. The molecule has 0 bridgehead atoms. The van der Waals surface area contributed by atoms with E-state index in [2.05, 4.69) is 0 Å². The Morgan fingerprint density at radius 2 is 2.31 bits per heavy atom. The topological polar surface area (TPSA) is 60.8 Å². The van der Waals surface area contributed by atoms with Crippen molar-refractivity contribution in [2.75, 3.05) is 19.7 Å². The smallest absolute Gasteiger partial charge is 0.321 e. The van der Waals surface area contributed by atoms with Crippen molar-refractivity contribution < 1.29 is 15.0 Å². The van der Waals surface area contributed by atoms with E-state index in [4.69, 9.17) is 10.2 Å². The summed E-state index contributed by atoms with van der Waals surface area (Å²) in [6, 6.07) is -0.341. The molecule has 0 amide bonds. The summed E-state index contributed by atoms with van der Waals surface area (Å²) in [6.07, 6.45) is 1.61. The number of hydrogen-bond acceptors (Lipinski definition) is 3. The van der Waals surface area contributed by atoms with Crippen molar-refractivity contribution in [1.82, 2.24) is 4.90 Å². The summed E-state index contributed by atoms with van der Waals surface area (Å²) in [5, 5.41) is 17.6. The van der Waals surface area contributed by atoms with Crippen LogP contribution in [0.5, 0.6) is 0 Å². The average molecular weight is 187 g/mol. The molecule has 2 unspecified atom stereocenters. The summed E-state index contributed by atoms with van der Waals surface area (Å²) in [5.41, 5.74) is 0. The fourth-order valence-electron chi connectivity index (χ4n) is 1.95. The van der Waals surface area contributed by atoms with Crippen molar-refractivity contribution in [2.45, 2.75) is 25.8 Å². The summed E-state index contributed by atoms with van der Waals surface area (Å²) in [5.74, 6) is -0.501. The van der Waals surface area contributed by atoms with Gasteiger partial charge in [0.2, 0.25) is 0 Å². The fraction of sp³-hybridized carbons (Fsp3) is 0.889. The van der Waals surface area contributed by atoms with Crippen molar-refractivity contribution in [2.24, 2.45) is 5.92 Å². The Morgan fingerprint density at radius 1 is 1.62 bits per heavy atom. The predicted octanol–water partition coefficient (Wildman–Crippen LogP) is 0.164. The van der Waals surface area contributed by atoms with Gasteiger partial charge in [-0.3, -0.25) is 9.69 Å². The van der Waals surface area contributed by atoms with Gasteiger partial charge in [-0.15, -0.1) is 0 Å². The average Bonchev–Trinajstić information content (AvgIpc) is 2.43. The Hall–Kier alpha value is -0.610. The standard InChI is InChI=1S/C9H17NO3/c1-7-3-5-10(4-2-6-11)8(7)9(12)13/h7-8,11H,2-6H2,1H3,(H,12,13). The van der Waals surface area contributed by atoms with Crippen LogP contribution < -0.4 is 0 Å². The van der Waals surface area contributed by atoms with Gasteiger partial charge in [-0.25, -0.2) is 0 Å². The first-order valence-electron chi connectivity index (χ1n) is 4.74. The van der Waals surface area contributed by atoms with Crippen LogP contribution in [-0.4, -0.2) is 46.8 Å². The van der Waals surface area contributed by atoms with E-state index in [9.17, 15) is 4.79 Å². The molecule has 0 aliphatic carbocycles. The van der Waals surface area contributed by atoms with Crippen LogP contribution in [0.15, 0.2) is 0 Å². The van der Waals surface area contributed by atoms with Gasteiger partial charge in [-0.1, -0.05) is 6.92 Å². The molecule has 0 saturated carbocycles. The number of nitrogens with zero attached hydrogens (tertiary/aromatic N) is 1. The van der Waals surface area contributed by atoms with Gasteiger partial charge in [-0.2, -0.15) is 0 Å². The molecule has 0 aromatic heterocycles. The second kappa shape index (κ2) is 4.58. The predicted molar refractivity (Wildman–Crippen MR) is 48.5 cm³/mol. The lowest BCUT2D eigenvalue weighted by Crippen LogP contribution is -2.39. The van der Waals surface area contributed by atoms with Crippen LogP contribution in [-0.2, 0) is 4.79 Å². The summed E-state index contributed by atoms with van der Waals surface area (Å²) in [7, 11) is 0. The fourth-order valence-corrected chi connectivity index (χ4v) is 1.95.